The molecule has 1 aromatic rings. The van der Waals surface area contributed by atoms with Gasteiger partial charge in [-0.05, 0) is 19.4 Å². The molecule has 1 heterocycles. The van der Waals surface area contributed by atoms with Gasteiger partial charge in [-0.2, -0.15) is 0 Å². The Labute approximate surface area is 116 Å². The number of nitro groups is 1. The molecule has 0 radical (unpaired) electrons. The van der Waals surface area contributed by atoms with Crippen LogP contribution in [0.1, 0.15) is 12.0 Å². The van der Waals surface area contributed by atoms with Crippen LogP contribution in [-0.4, -0.2) is 38.5 Å². The van der Waals surface area contributed by atoms with Gasteiger partial charge in [-0.15, -0.1) is 0 Å². The summed E-state index contributed by atoms with van der Waals surface area (Å²) in [6.45, 7) is 1.51. The molecular weight excluding hydrogens is 306 g/mol. The first-order chi connectivity index (χ1) is 9.13. The first-order valence-corrected chi connectivity index (χ1v) is 9.19. The van der Waals surface area contributed by atoms with Crippen molar-refractivity contribution in [3.63, 3.8) is 0 Å². The molecule has 0 amide bonds. The van der Waals surface area contributed by atoms with Crippen molar-refractivity contribution in [1.82, 2.24) is 0 Å². The molecule has 0 saturated carbocycles. The average Bonchev–Trinajstić information content (AvgIpc) is 2.70. The molecule has 1 saturated heterocycles. The molecule has 0 bridgehead atoms. The Bertz CT molecular complexity index is 766. The minimum Gasteiger partial charge on any atom is -0.258 e. The van der Waals surface area contributed by atoms with Crippen LogP contribution in [0, 0.1) is 17.0 Å². The van der Waals surface area contributed by atoms with E-state index >= 15 is 0 Å². The monoisotopic (exact) mass is 319 g/mol. The Morgan fingerprint density at radius 2 is 2.00 bits per heavy atom. The van der Waals surface area contributed by atoms with E-state index in [4.69, 9.17) is 0 Å². The number of hydrogen-bond acceptors (Lipinski definition) is 6. The number of hydrogen-bond donors (Lipinski definition) is 0. The fourth-order valence-electron chi connectivity index (χ4n) is 2.16. The maximum absolute atomic E-state index is 12.3. The van der Waals surface area contributed by atoms with Crippen LogP contribution in [0.4, 0.5) is 5.69 Å². The highest BCUT2D eigenvalue weighted by Gasteiger charge is 2.38. The molecule has 2 rings (SSSR count). The zero-order valence-corrected chi connectivity index (χ0v) is 12.3. The normalized spacial score (nSPS) is 21.8. The van der Waals surface area contributed by atoms with E-state index in [1.54, 1.807) is 0 Å². The summed E-state index contributed by atoms with van der Waals surface area (Å²) < 4.78 is 47.4. The zero-order chi connectivity index (χ0) is 15.1. The Balaban J connectivity index is 2.46. The van der Waals surface area contributed by atoms with Gasteiger partial charge in [0.05, 0.1) is 26.6 Å². The lowest BCUT2D eigenvalue weighted by molar-refractivity contribution is -0.385. The van der Waals surface area contributed by atoms with Crippen LogP contribution < -0.4 is 0 Å². The second kappa shape index (κ2) is 4.81. The van der Waals surface area contributed by atoms with Crippen LogP contribution in [0.15, 0.2) is 23.1 Å². The van der Waals surface area contributed by atoms with Crippen molar-refractivity contribution in [2.24, 2.45) is 0 Å². The third-order valence-corrected chi connectivity index (χ3v) is 7.51. The standard InChI is InChI=1S/C11H13NO6S2/c1-8-2-3-9(6-11(8)12(13)14)20(17,18)10-4-5-19(15,16)7-10/h2-3,6,10H,4-5,7H2,1H3/t10-/m0/s1. The lowest BCUT2D eigenvalue weighted by Gasteiger charge is -2.10. The van der Waals surface area contributed by atoms with Gasteiger partial charge in [0.15, 0.2) is 19.7 Å². The highest BCUT2D eigenvalue weighted by atomic mass is 32.2. The molecule has 0 spiro atoms. The van der Waals surface area contributed by atoms with Gasteiger partial charge < -0.3 is 0 Å². The van der Waals surface area contributed by atoms with Crippen molar-refractivity contribution < 1.29 is 21.8 Å². The van der Waals surface area contributed by atoms with E-state index in [0.717, 1.165) is 6.07 Å². The predicted molar refractivity (Wildman–Crippen MR) is 72.1 cm³/mol. The number of aryl methyl sites for hydroxylation is 1. The quantitative estimate of drug-likeness (QED) is 0.603. The Hall–Kier alpha value is -1.48. The molecule has 20 heavy (non-hydrogen) atoms. The van der Waals surface area contributed by atoms with Crippen LogP contribution >= 0.6 is 0 Å². The molecule has 1 aromatic carbocycles. The summed E-state index contributed by atoms with van der Waals surface area (Å²) in [6, 6.07) is 3.63. The van der Waals surface area contributed by atoms with Crippen LogP contribution in [-0.2, 0) is 19.7 Å². The fraction of sp³-hybridized carbons (Fsp3) is 0.455. The minimum atomic E-state index is -3.87. The van der Waals surface area contributed by atoms with Gasteiger partial charge in [-0.1, -0.05) is 6.07 Å². The van der Waals surface area contributed by atoms with Gasteiger partial charge in [-0.25, -0.2) is 16.8 Å². The van der Waals surface area contributed by atoms with Gasteiger partial charge in [-0.3, -0.25) is 10.1 Å². The smallest absolute Gasteiger partial charge is 0.258 e. The summed E-state index contributed by atoms with van der Waals surface area (Å²) in [5, 5.41) is 9.82. The summed E-state index contributed by atoms with van der Waals surface area (Å²) >= 11 is 0. The Morgan fingerprint density at radius 3 is 2.50 bits per heavy atom. The highest BCUT2D eigenvalue weighted by Crippen LogP contribution is 2.28. The van der Waals surface area contributed by atoms with Crippen molar-refractivity contribution in [1.29, 1.82) is 0 Å². The van der Waals surface area contributed by atoms with Crippen molar-refractivity contribution in [2.75, 3.05) is 11.5 Å². The number of sulfone groups is 2. The number of nitro benzene ring substituents is 1. The number of nitrogens with zero attached hydrogens (tertiary/aromatic N) is 1. The second-order valence-corrected chi connectivity index (χ2v) is 9.23. The Kier molecular flexibility index (Phi) is 3.59. The SMILES string of the molecule is Cc1ccc(S(=O)(=O)[C@H]2CCS(=O)(=O)C2)cc1[N+](=O)[O-]. The molecule has 0 N–H and O–H groups in total. The van der Waals surface area contributed by atoms with Gasteiger partial charge in [0, 0.05) is 11.6 Å². The summed E-state index contributed by atoms with van der Waals surface area (Å²) in [5.74, 6) is -0.581. The van der Waals surface area contributed by atoms with Gasteiger partial charge in [0.2, 0.25) is 0 Å². The first-order valence-electron chi connectivity index (χ1n) is 5.83. The predicted octanol–water partition coefficient (Wildman–Crippen LogP) is 0.864. The molecule has 9 heteroatoms. The third-order valence-electron chi connectivity index (χ3n) is 3.34. The molecular formula is C11H13NO6S2. The minimum absolute atomic E-state index is 0.0341. The zero-order valence-electron chi connectivity index (χ0n) is 10.6. The molecule has 1 atom stereocenters. The van der Waals surface area contributed by atoms with Gasteiger partial charge in [0.1, 0.15) is 0 Å². The maximum Gasteiger partial charge on any atom is 0.273 e. The van der Waals surface area contributed by atoms with E-state index < -0.39 is 35.6 Å². The van der Waals surface area contributed by atoms with Crippen molar-refractivity contribution in [2.45, 2.75) is 23.5 Å². The number of benzene rings is 1. The van der Waals surface area contributed by atoms with Crippen molar-refractivity contribution in [3.05, 3.63) is 33.9 Å². The van der Waals surface area contributed by atoms with Crippen molar-refractivity contribution >= 4 is 25.4 Å². The largest absolute Gasteiger partial charge is 0.273 e. The third kappa shape index (κ3) is 2.68. The number of rotatable bonds is 3. The van der Waals surface area contributed by atoms with E-state index in [0.29, 0.717) is 5.56 Å². The lowest BCUT2D eigenvalue weighted by Crippen LogP contribution is -2.22. The average molecular weight is 319 g/mol. The van der Waals surface area contributed by atoms with Gasteiger partial charge >= 0.3 is 0 Å². The summed E-state index contributed by atoms with van der Waals surface area (Å²) in [7, 11) is -7.20. The van der Waals surface area contributed by atoms with E-state index in [-0.39, 0.29) is 22.8 Å². The van der Waals surface area contributed by atoms with Gasteiger partial charge in [0.25, 0.3) is 5.69 Å². The van der Waals surface area contributed by atoms with Crippen molar-refractivity contribution in [3.8, 4) is 0 Å². The molecule has 1 aliphatic heterocycles. The summed E-state index contributed by atoms with van der Waals surface area (Å²) in [5.41, 5.74) is 0.0694. The molecule has 1 fully saturated rings. The second-order valence-electron chi connectivity index (χ2n) is 4.78. The van der Waals surface area contributed by atoms with E-state index in [2.05, 4.69) is 0 Å². The van der Waals surface area contributed by atoms with E-state index in [9.17, 15) is 26.9 Å². The first kappa shape index (κ1) is 14.9. The maximum atomic E-state index is 12.3. The van der Waals surface area contributed by atoms with Crippen LogP contribution in [0.25, 0.3) is 0 Å². The molecule has 0 aromatic heterocycles. The highest BCUT2D eigenvalue weighted by molar-refractivity contribution is 7.96. The lowest BCUT2D eigenvalue weighted by atomic mass is 10.2. The Morgan fingerprint density at radius 1 is 1.35 bits per heavy atom. The van der Waals surface area contributed by atoms with Crippen LogP contribution in [0.5, 0.6) is 0 Å². The molecule has 0 unspecified atom stereocenters. The fourth-order valence-corrected chi connectivity index (χ4v) is 6.54. The summed E-state index contributed by atoms with van der Waals surface area (Å²) in [6.07, 6.45) is 0.0341. The van der Waals surface area contributed by atoms with Crippen LogP contribution in [0.2, 0.25) is 0 Å². The summed E-state index contributed by atoms with van der Waals surface area (Å²) in [4.78, 5) is 9.99. The molecule has 110 valence electrons. The molecule has 0 aliphatic carbocycles. The van der Waals surface area contributed by atoms with Crippen LogP contribution in [0.3, 0.4) is 0 Å². The van der Waals surface area contributed by atoms with E-state index in [1.807, 2.05) is 0 Å². The molecule has 7 nitrogen and oxygen atoms in total. The topological polar surface area (TPSA) is 111 Å². The molecule has 1 aliphatic rings. The van der Waals surface area contributed by atoms with E-state index in [1.165, 1.54) is 19.1 Å².